The lowest BCUT2D eigenvalue weighted by atomic mass is 9.81. The molecule has 2 aliphatic rings. The zero-order valence-electron chi connectivity index (χ0n) is 14.6. The molecule has 1 saturated carbocycles. The maximum Gasteiger partial charge on any atom is 0.248 e. The fourth-order valence-electron chi connectivity index (χ4n) is 3.32. The van der Waals surface area contributed by atoms with Crippen molar-refractivity contribution in [3.63, 3.8) is 0 Å². The molecule has 0 spiro atoms. The third kappa shape index (κ3) is 4.38. The molecular formula is C17H23F3N4O2. The van der Waals surface area contributed by atoms with Crippen LogP contribution in [0.4, 0.5) is 19.0 Å². The summed E-state index contributed by atoms with van der Waals surface area (Å²) in [6.45, 7) is 1.14. The number of ether oxygens (including phenoxy) is 1. The smallest absolute Gasteiger partial charge is 0.248 e. The van der Waals surface area contributed by atoms with Crippen LogP contribution in [0.3, 0.4) is 0 Å². The molecule has 2 fully saturated rings. The first-order valence-corrected chi connectivity index (χ1v) is 8.74. The number of rotatable bonds is 7. The molecule has 1 aromatic rings. The van der Waals surface area contributed by atoms with E-state index in [1.54, 1.807) is 0 Å². The Hall–Kier alpha value is -2.03. The van der Waals surface area contributed by atoms with Crippen molar-refractivity contribution < 1.29 is 22.7 Å². The first-order valence-electron chi connectivity index (χ1n) is 8.74. The Labute approximate surface area is 149 Å². The third-order valence-electron chi connectivity index (χ3n) is 4.77. The van der Waals surface area contributed by atoms with E-state index in [-0.39, 0.29) is 55.5 Å². The number of nitrogens with one attached hydrogen (secondary N) is 3. The molecule has 0 unspecified atom stereocenters. The van der Waals surface area contributed by atoms with Gasteiger partial charge in [-0.15, -0.1) is 0 Å². The van der Waals surface area contributed by atoms with E-state index in [1.807, 2.05) is 0 Å². The lowest BCUT2D eigenvalue weighted by molar-refractivity contribution is -0.122. The van der Waals surface area contributed by atoms with Gasteiger partial charge >= 0.3 is 0 Å². The Morgan fingerprint density at radius 2 is 2.23 bits per heavy atom. The van der Waals surface area contributed by atoms with Crippen molar-refractivity contribution in [3.05, 3.63) is 17.4 Å². The van der Waals surface area contributed by atoms with Crippen LogP contribution >= 0.6 is 0 Å². The number of aromatic nitrogens is 1. The number of amides is 1. The molecule has 0 bridgehead atoms. The molecule has 0 aromatic carbocycles. The van der Waals surface area contributed by atoms with Gasteiger partial charge in [0, 0.05) is 31.5 Å². The van der Waals surface area contributed by atoms with Crippen molar-refractivity contribution in [1.29, 1.82) is 0 Å². The summed E-state index contributed by atoms with van der Waals surface area (Å²) in [7, 11) is 1.40. The topological polar surface area (TPSA) is 75.3 Å². The average molecular weight is 372 g/mol. The van der Waals surface area contributed by atoms with E-state index in [9.17, 15) is 18.0 Å². The largest absolute Gasteiger partial charge is 0.481 e. The summed E-state index contributed by atoms with van der Waals surface area (Å²) in [5.41, 5.74) is 0.414. The standard InChI is InChI=1S/C17H23F3N4O2/c1-26-16-11(9-23-15(25)13-3-2-4-21-13)5-12(18)14(24-16)22-8-10-6-17(19,20)7-10/h5,10,13,21H,2-4,6-9H2,1H3,(H,22,24)(H,23,25)/t13-/m0/s1. The highest BCUT2D eigenvalue weighted by Crippen LogP contribution is 2.42. The molecule has 1 atom stereocenters. The van der Waals surface area contributed by atoms with Gasteiger partial charge in [0.2, 0.25) is 17.7 Å². The molecule has 1 aliphatic heterocycles. The van der Waals surface area contributed by atoms with Crippen LogP contribution < -0.4 is 20.7 Å². The van der Waals surface area contributed by atoms with E-state index < -0.39 is 11.7 Å². The maximum atomic E-state index is 14.3. The summed E-state index contributed by atoms with van der Waals surface area (Å²) in [6.07, 6.45) is 1.33. The monoisotopic (exact) mass is 372 g/mol. The van der Waals surface area contributed by atoms with Crippen molar-refractivity contribution in [1.82, 2.24) is 15.6 Å². The van der Waals surface area contributed by atoms with Gasteiger partial charge < -0.3 is 20.7 Å². The van der Waals surface area contributed by atoms with Gasteiger partial charge in [-0.25, -0.2) is 13.2 Å². The van der Waals surface area contributed by atoms with E-state index in [0.717, 1.165) is 19.4 Å². The van der Waals surface area contributed by atoms with Crippen LogP contribution in [-0.4, -0.2) is 43.1 Å². The number of carbonyl (C=O) groups excluding carboxylic acids is 1. The lowest BCUT2D eigenvalue weighted by Gasteiger charge is -2.35. The number of nitrogens with zero attached hydrogens (tertiary/aromatic N) is 1. The van der Waals surface area contributed by atoms with E-state index in [0.29, 0.717) is 5.56 Å². The van der Waals surface area contributed by atoms with Crippen LogP contribution in [-0.2, 0) is 11.3 Å². The van der Waals surface area contributed by atoms with E-state index in [2.05, 4.69) is 20.9 Å². The molecule has 1 aromatic heterocycles. The summed E-state index contributed by atoms with van der Waals surface area (Å²) in [4.78, 5) is 16.1. The van der Waals surface area contributed by atoms with Crippen molar-refractivity contribution in [2.45, 2.75) is 44.2 Å². The van der Waals surface area contributed by atoms with Gasteiger partial charge in [0.15, 0.2) is 11.6 Å². The van der Waals surface area contributed by atoms with E-state index >= 15 is 0 Å². The molecule has 0 radical (unpaired) electrons. The quantitative estimate of drug-likeness (QED) is 0.683. The lowest BCUT2D eigenvalue weighted by Crippen LogP contribution is -2.40. The van der Waals surface area contributed by atoms with E-state index in [1.165, 1.54) is 13.2 Å². The van der Waals surface area contributed by atoms with Gasteiger partial charge in [0.05, 0.1) is 13.2 Å². The van der Waals surface area contributed by atoms with Crippen LogP contribution in [0.2, 0.25) is 0 Å². The molecule has 1 amide bonds. The van der Waals surface area contributed by atoms with Crippen molar-refractivity contribution >= 4 is 11.7 Å². The minimum absolute atomic E-state index is 0.0374. The number of hydrogen-bond acceptors (Lipinski definition) is 5. The first kappa shape index (κ1) is 18.8. The summed E-state index contributed by atoms with van der Waals surface area (Å²) in [5.74, 6) is -3.41. The molecule has 1 aliphatic carbocycles. The molecule has 6 nitrogen and oxygen atoms in total. The Bertz CT molecular complexity index is 658. The number of hydrogen-bond donors (Lipinski definition) is 3. The van der Waals surface area contributed by atoms with Gasteiger partial charge in [0.25, 0.3) is 0 Å². The summed E-state index contributed by atoms with van der Waals surface area (Å²) >= 11 is 0. The number of halogens is 3. The minimum atomic E-state index is -2.60. The summed E-state index contributed by atoms with van der Waals surface area (Å²) in [6, 6.07) is 1.02. The van der Waals surface area contributed by atoms with Gasteiger partial charge in [0.1, 0.15) is 0 Å². The van der Waals surface area contributed by atoms with Crippen LogP contribution in [0.25, 0.3) is 0 Å². The van der Waals surface area contributed by atoms with E-state index in [4.69, 9.17) is 4.74 Å². The highest BCUT2D eigenvalue weighted by atomic mass is 19.3. The van der Waals surface area contributed by atoms with Crippen LogP contribution in [0.1, 0.15) is 31.2 Å². The Balaban J connectivity index is 1.58. The van der Waals surface area contributed by atoms with Crippen LogP contribution in [0.15, 0.2) is 6.07 Å². The van der Waals surface area contributed by atoms with Crippen molar-refractivity contribution in [3.8, 4) is 5.88 Å². The summed E-state index contributed by atoms with van der Waals surface area (Å²) in [5, 5.41) is 8.60. The number of alkyl halides is 2. The zero-order chi connectivity index (χ0) is 18.7. The molecule has 3 rings (SSSR count). The number of anilines is 1. The molecule has 2 heterocycles. The van der Waals surface area contributed by atoms with Crippen molar-refractivity contribution in [2.75, 3.05) is 25.5 Å². The second-order valence-electron chi connectivity index (χ2n) is 6.87. The normalized spacial score (nSPS) is 21.9. The molecule has 26 heavy (non-hydrogen) atoms. The van der Waals surface area contributed by atoms with Gasteiger partial charge in [-0.05, 0) is 31.4 Å². The van der Waals surface area contributed by atoms with Crippen LogP contribution in [0, 0.1) is 11.7 Å². The minimum Gasteiger partial charge on any atom is -0.481 e. The summed E-state index contributed by atoms with van der Waals surface area (Å²) < 4.78 is 45.1. The molecular weight excluding hydrogens is 349 g/mol. The number of carbonyl (C=O) groups is 1. The predicted octanol–water partition coefficient (Wildman–Crippen LogP) is 2.05. The maximum absolute atomic E-state index is 14.3. The Morgan fingerprint density at radius 1 is 1.46 bits per heavy atom. The van der Waals surface area contributed by atoms with Crippen LogP contribution in [0.5, 0.6) is 5.88 Å². The van der Waals surface area contributed by atoms with Gasteiger partial charge in [-0.2, -0.15) is 4.98 Å². The number of pyridine rings is 1. The Morgan fingerprint density at radius 3 is 2.85 bits per heavy atom. The third-order valence-corrected chi connectivity index (χ3v) is 4.77. The molecule has 3 N–H and O–H groups in total. The first-order chi connectivity index (χ1) is 12.4. The highest BCUT2D eigenvalue weighted by Gasteiger charge is 2.44. The SMILES string of the molecule is COc1nc(NCC2CC(F)(F)C2)c(F)cc1CNC(=O)[C@@H]1CCCN1. The van der Waals surface area contributed by atoms with Crippen molar-refractivity contribution in [2.24, 2.45) is 5.92 Å². The van der Waals surface area contributed by atoms with Gasteiger partial charge in [-0.1, -0.05) is 0 Å². The second-order valence-corrected chi connectivity index (χ2v) is 6.87. The average Bonchev–Trinajstić information content (AvgIpc) is 3.11. The fraction of sp³-hybridized carbons (Fsp3) is 0.647. The molecule has 144 valence electrons. The zero-order valence-corrected chi connectivity index (χ0v) is 14.6. The molecule has 9 heteroatoms. The van der Waals surface area contributed by atoms with Gasteiger partial charge in [-0.3, -0.25) is 4.79 Å². The second kappa shape index (κ2) is 7.69. The number of methoxy groups -OCH3 is 1. The fourth-order valence-corrected chi connectivity index (χ4v) is 3.32. The highest BCUT2D eigenvalue weighted by molar-refractivity contribution is 5.82. The Kier molecular flexibility index (Phi) is 5.55. The molecule has 1 saturated heterocycles. The predicted molar refractivity (Wildman–Crippen MR) is 89.8 cm³/mol.